The SMILES string of the molecule is O=C[C@H]1O[C@H](O)[C@H](O)[C@@H]1O. The van der Waals surface area contributed by atoms with Crippen LogP contribution in [0.3, 0.4) is 0 Å². The first kappa shape index (κ1) is 7.62. The second-order valence-electron chi connectivity index (χ2n) is 2.11. The lowest BCUT2D eigenvalue weighted by Crippen LogP contribution is -2.32. The summed E-state index contributed by atoms with van der Waals surface area (Å²) < 4.78 is 4.42. The van der Waals surface area contributed by atoms with Crippen LogP contribution in [-0.4, -0.2) is 46.2 Å². The molecule has 1 aliphatic rings. The minimum Gasteiger partial charge on any atom is -0.387 e. The van der Waals surface area contributed by atoms with Crippen molar-refractivity contribution in [1.82, 2.24) is 0 Å². The van der Waals surface area contributed by atoms with Crippen LogP contribution in [0.5, 0.6) is 0 Å². The van der Waals surface area contributed by atoms with E-state index in [2.05, 4.69) is 4.74 Å². The molecule has 0 bridgehead atoms. The summed E-state index contributed by atoms with van der Waals surface area (Å²) in [7, 11) is 0. The Balaban J connectivity index is 2.61. The minimum absolute atomic E-state index is 0.337. The van der Waals surface area contributed by atoms with Gasteiger partial charge in [0.2, 0.25) is 0 Å². The zero-order valence-corrected chi connectivity index (χ0v) is 5.04. The third kappa shape index (κ3) is 1.04. The standard InChI is InChI=1S/C5H8O5/c6-1-2-3(7)4(8)5(9)10-2/h1-5,7-9H/t2-,3-,4-,5+/m1/s1. The number of aliphatic hydroxyl groups excluding tert-OH is 3. The van der Waals surface area contributed by atoms with Crippen LogP contribution in [0, 0.1) is 0 Å². The molecule has 0 radical (unpaired) electrons. The lowest BCUT2D eigenvalue weighted by Gasteiger charge is -2.06. The van der Waals surface area contributed by atoms with Crippen molar-refractivity contribution in [2.24, 2.45) is 0 Å². The Morgan fingerprint density at radius 1 is 1.20 bits per heavy atom. The summed E-state index contributed by atoms with van der Waals surface area (Å²) in [5, 5.41) is 26.3. The largest absolute Gasteiger partial charge is 0.387 e. The molecule has 5 heteroatoms. The molecule has 3 N–H and O–H groups in total. The van der Waals surface area contributed by atoms with Gasteiger partial charge in [-0.2, -0.15) is 0 Å². The summed E-state index contributed by atoms with van der Waals surface area (Å²) in [6.45, 7) is 0. The smallest absolute Gasteiger partial charge is 0.184 e. The third-order valence-electron chi connectivity index (χ3n) is 1.41. The monoisotopic (exact) mass is 148 g/mol. The summed E-state index contributed by atoms with van der Waals surface area (Å²) in [6, 6.07) is 0. The lowest BCUT2D eigenvalue weighted by atomic mass is 10.1. The maximum Gasteiger partial charge on any atom is 0.184 e. The molecule has 1 aliphatic heterocycles. The van der Waals surface area contributed by atoms with Crippen LogP contribution in [0.15, 0.2) is 0 Å². The molecule has 0 aliphatic carbocycles. The molecule has 0 saturated carbocycles. The van der Waals surface area contributed by atoms with Gasteiger partial charge in [0.25, 0.3) is 0 Å². The molecule has 0 amide bonds. The van der Waals surface area contributed by atoms with Crippen LogP contribution >= 0.6 is 0 Å². The Morgan fingerprint density at radius 3 is 2.00 bits per heavy atom. The van der Waals surface area contributed by atoms with E-state index in [4.69, 9.17) is 15.3 Å². The minimum atomic E-state index is -1.45. The number of rotatable bonds is 1. The van der Waals surface area contributed by atoms with Crippen LogP contribution in [0.4, 0.5) is 0 Å². The van der Waals surface area contributed by atoms with Crippen molar-refractivity contribution < 1.29 is 24.9 Å². The zero-order chi connectivity index (χ0) is 7.72. The Kier molecular flexibility index (Phi) is 2.00. The van der Waals surface area contributed by atoms with E-state index in [0.29, 0.717) is 6.29 Å². The average molecular weight is 148 g/mol. The molecule has 58 valence electrons. The Hall–Kier alpha value is -0.490. The van der Waals surface area contributed by atoms with Crippen molar-refractivity contribution in [3.05, 3.63) is 0 Å². The summed E-state index contributed by atoms with van der Waals surface area (Å²) >= 11 is 0. The van der Waals surface area contributed by atoms with E-state index >= 15 is 0 Å². The molecule has 1 fully saturated rings. The van der Waals surface area contributed by atoms with Crippen molar-refractivity contribution in [2.45, 2.75) is 24.6 Å². The van der Waals surface area contributed by atoms with Crippen LogP contribution in [-0.2, 0) is 9.53 Å². The van der Waals surface area contributed by atoms with E-state index in [1.54, 1.807) is 0 Å². The summed E-state index contributed by atoms with van der Waals surface area (Å²) in [5.74, 6) is 0. The molecular weight excluding hydrogens is 140 g/mol. The number of hydrogen-bond donors (Lipinski definition) is 3. The van der Waals surface area contributed by atoms with Crippen molar-refractivity contribution in [3.8, 4) is 0 Å². The van der Waals surface area contributed by atoms with E-state index in [-0.39, 0.29) is 0 Å². The van der Waals surface area contributed by atoms with Gasteiger partial charge >= 0.3 is 0 Å². The van der Waals surface area contributed by atoms with Gasteiger partial charge in [-0.1, -0.05) is 0 Å². The molecule has 0 aromatic rings. The fraction of sp³-hybridized carbons (Fsp3) is 0.800. The Morgan fingerprint density at radius 2 is 1.80 bits per heavy atom. The number of ether oxygens (including phenoxy) is 1. The Bertz CT molecular complexity index is 136. The summed E-state index contributed by atoms with van der Waals surface area (Å²) in [5.41, 5.74) is 0. The second-order valence-corrected chi connectivity index (χ2v) is 2.11. The lowest BCUT2D eigenvalue weighted by molar-refractivity contribution is -0.140. The maximum absolute atomic E-state index is 10.0. The highest BCUT2D eigenvalue weighted by molar-refractivity contribution is 5.58. The average Bonchev–Trinajstić information content (AvgIpc) is 2.17. The molecule has 1 heterocycles. The first-order valence-corrected chi connectivity index (χ1v) is 2.82. The van der Waals surface area contributed by atoms with E-state index < -0.39 is 24.6 Å². The summed E-state index contributed by atoms with van der Waals surface area (Å²) in [4.78, 5) is 10.0. The van der Waals surface area contributed by atoms with Crippen molar-refractivity contribution >= 4 is 6.29 Å². The van der Waals surface area contributed by atoms with Gasteiger partial charge in [0.1, 0.15) is 18.3 Å². The number of carbonyl (C=O) groups excluding carboxylic acids is 1. The first-order chi connectivity index (χ1) is 4.66. The predicted octanol–water partition coefficient (Wildman–Crippen LogP) is -2.38. The molecule has 0 unspecified atom stereocenters. The second kappa shape index (κ2) is 2.63. The quantitative estimate of drug-likeness (QED) is 0.361. The van der Waals surface area contributed by atoms with Crippen molar-refractivity contribution in [3.63, 3.8) is 0 Å². The number of hydrogen-bond acceptors (Lipinski definition) is 5. The highest BCUT2D eigenvalue weighted by Crippen LogP contribution is 2.17. The third-order valence-corrected chi connectivity index (χ3v) is 1.41. The van der Waals surface area contributed by atoms with E-state index in [0.717, 1.165) is 0 Å². The van der Waals surface area contributed by atoms with Crippen LogP contribution in [0.25, 0.3) is 0 Å². The van der Waals surface area contributed by atoms with Gasteiger partial charge in [-0.25, -0.2) is 0 Å². The predicted molar refractivity (Wildman–Crippen MR) is 29.0 cm³/mol. The van der Waals surface area contributed by atoms with Gasteiger partial charge in [-0.15, -0.1) is 0 Å². The van der Waals surface area contributed by atoms with Crippen LogP contribution < -0.4 is 0 Å². The first-order valence-electron chi connectivity index (χ1n) is 2.82. The molecule has 1 saturated heterocycles. The number of aliphatic hydroxyl groups is 3. The van der Waals surface area contributed by atoms with Gasteiger partial charge in [0, 0.05) is 0 Å². The fourth-order valence-corrected chi connectivity index (χ4v) is 0.798. The molecule has 4 atom stereocenters. The summed E-state index contributed by atoms with van der Waals surface area (Å²) in [6.07, 6.45) is -4.91. The molecule has 0 aromatic heterocycles. The molecular formula is C5H8O5. The van der Waals surface area contributed by atoms with Crippen molar-refractivity contribution in [2.75, 3.05) is 0 Å². The van der Waals surface area contributed by atoms with Gasteiger partial charge in [-0.05, 0) is 0 Å². The number of aldehydes is 1. The maximum atomic E-state index is 10.0. The van der Waals surface area contributed by atoms with E-state index in [9.17, 15) is 4.79 Å². The number of carbonyl (C=O) groups is 1. The van der Waals surface area contributed by atoms with E-state index in [1.165, 1.54) is 0 Å². The fourth-order valence-electron chi connectivity index (χ4n) is 0.798. The van der Waals surface area contributed by atoms with Crippen LogP contribution in [0.2, 0.25) is 0 Å². The molecule has 0 aromatic carbocycles. The van der Waals surface area contributed by atoms with Gasteiger partial charge in [0.05, 0.1) is 0 Å². The van der Waals surface area contributed by atoms with Crippen molar-refractivity contribution in [1.29, 1.82) is 0 Å². The normalized spacial score (nSPS) is 47.5. The molecule has 0 spiro atoms. The zero-order valence-electron chi connectivity index (χ0n) is 5.04. The topological polar surface area (TPSA) is 87.0 Å². The van der Waals surface area contributed by atoms with Gasteiger partial charge in [0.15, 0.2) is 12.6 Å². The molecule has 10 heavy (non-hydrogen) atoms. The van der Waals surface area contributed by atoms with Gasteiger partial charge in [-0.3, -0.25) is 0 Å². The highest BCUT2D eigenvalue weighted by Gasteiger charge is 2.41. The molecule has 5 nitrogen and oxygen atoms in total. The van der Waals surface area contributed by atoms with E-state index in [1.807, 2.05) is 0 Å². The van der Waals surface area contributed by atoms with Crippen LogP contribution in [0.1, 0.15) is 0 Å². The Labute approximate surface area is 56.9 Å². The van der Waals surface area contributed by atoms with Gasteiger partial charge < -0.3 is 24.9 Å². The highest BCUT2D eigenvalue weighted by atomic mass is 16.6. The molecule has 1 rings (SSSR count).